The number of rotatable bonds is 20. The average Bonchev–Trinajstić information content (AvgIpc) is 1.16. The molecule has 30 nitrogen and oxygen atoms in total. The van der Waals surface area contributed by atoms with Gasteiger partial charge in [0.2, 0.25) is 30.4 Å². The minimum atomic E-state index is -2.03. The predicted octanol–water partition coefficient (Wildman–Crippen LogP) is -1.57. The molecule has 5 heterocycles. The monoisotopic (exact) mass is 1260 g/mol. The summed E-state index contributed by atoms with van der Waals surface area (Å²) in [5.74, 6) is -3.62. The number of hydrogen-bond donors (Lipinski definition) is 15. The molecule has 4 fully saturated rings. The van der Waals surface area contributed by atoms with Crippen molar-refractivity contribution in [1.29, 1.82) is 0 Å². The molecule has 482 valence electrons. The predicted molar refractivity (Wildman–Crippen MR) is 297 cm³/mol. The molecule has 0 saturated carbocycles. The van der Waals surface area contributed by atoms with E-state index in [1.807, 2.05) is 0 Å². The van der Waals surface area contributed by atoms with E-state index in [0.29, 0.717) is 11.1 Å². The molecule has 20 atom stereocenters. The Morgan fingerprint density at radius 1 is 0.517 bits per heavy atom. The molecular weight excluding hydrogens is 1190 g/mol. The second-order valence-electron chi connectivity index (χ2n) is 21.0. The highest BCUT2D eigenvalue weighted by atomic mass is 16.7. The van der Waals surface area contributed by atoms with Crippen molar-refractivity contribution in [3.05, 3.63) is 102 Å². The van der Waals surface area contributed by atoms with Gasteiger partial charge in [0.25, 0.3) is 0 Å². The third kappa shape index (κ3) is 14.9. The van der Waals surface area contributed by atoms with Crippen molar-refractivity contribution in [3.8, 4) is 57.3 Å². The Bertz CT molecular complexity index is 3260. The number of ether oxygens (including phenoxy) is 12. The van der Waals surface area contributed by atoms with Gasteiger partial charge in [0.1, 0.15) is 120 Å². The van der Waals surface area contributed by atoms with Gasteiger partial charge in [0.05, 0.1) is 45.2 Å². The van der Waals surface area contributed by atoms with Gasteiger partial charge in [-0.2, -0.15) is 0 Å². The van der Waals surface area contributed by atoms with Crippen molar-refractivity contribution >= 4 is 35.1 Å². The van der Waals surface area contributed by atoms with E-state index in [1.54, 1.807) is 12.1 Å². The third-order valence-corrected chi connectivity index (χ3v) is 14.9. The molecule has 0 aliphatic carbocycles. The Kier molecular flexibility index (Phi) is 21.1. The Labute approximate surface area is 504 Å². The second-order valence-corrected chi connectivity index (χ2v) is 21.0. The highest BCUT2D eigenvalue weighted by Gasteiger charge is 2.51. The minimum absolute atomic E-state index is 0.0375. The van der Waals surface area contributed by atoms with Crippen molar-refractivity contribution in [2.45, 2.75) is 130 Å². The van der Waals surface area contributed by atoms with E-state index in [2.05, 4.69) is 0 Å². The van der Waals surface area contributed by atoms with Crippen molar-refractivity contribution in [2.24, 2.45) is 0 Å². The zero-order valence-electron chi connectivity index (χ0n) is 47.3. The Hall–Kier alpha value is -7.57. The number of hydrogen-bond acceptors (Lipinski definition) is 29. The van der Waals surface area contributed by atoms with E-state index >= 15 is 0 Å². The number of fused-ring (bicyclic) bond motifs is 1. The van der Waals surface area contributed by atoms with Crippen LogP contribution in [0.1, 0.15) is 18.1 Å². The highest BCUT2D eigenvalue weighted by Crippen LogP contribution is 2.46. The number of phenols is 3. The number of benzene rings is 4. The first kappa shape index (κ1) is 65.9. The zero-order chi connectivity index (χ0) is 64.1. The van der Waals surface area contributed by atoms with E-state index in [0.717, 1.165) is 24.3 Å². The molecule has 0 bridgehead atoms. The molecule has 15 N–H and O–H groups in total. The van der Waals surface area contributed by atoms with Crippen LogP contribution in [0.25, 0.3) is 34.4 Å². The van der Waals surface area contributed by atoms with Crippen LogP contribution in [0.3, 0.4) is 0 Å². The first-order valence-corrected chi connectivity index (χ1v) is 27.5. The molecule has 9 unspecified atom stereocenters. The summed E-state index contributed by atoms with van der Waals surface area (Å²) in [6.45, 7) is -0.640. The maximum Gasteiger partial charge on any atom is 0.402 e. The van der Waals surface area contributed by atoms with Gasteiger partial charge in [-0.15, -0.1) is 0 Å². The van der Waals surface area contributed by atoms with Gasteiger partial charge in [0.15, 0.2) is 23.9 Å². The summed E-state index contributed by atoms with van der Waals surface area (Å²) < 4.78 is 74.1. The lowest BCUT2D eigenvalue weighted by molar-refractivity contribution is -0.319. The summed E-state index contributed by atoms with van der Waals surface area (Å²) in [6.07, 6.45) is -29.3. The fourth-order valence-corrected chi connectivity index (χ4v) is 9.89. The van der Waals surface area contributed by atoms with Gasteiger partial charge in [0, 0.05) is 36.4 Å². The first-order chi connectivity index (χ1) is 42.5. The Balaban J connectivity index is 0.827. The van der Waals surface area contributed by atoms with Gasteiger partial charge < -0.3 is 133 Å². The van der Waals surface area contributed by atoms with E-state index < -0.39 is 166 Å². The van der Waals surface area contributed by atoms with Crippen LogP contribution in [0, 0.1) is 0 Å². The van der Waals surface area contributed by atoms with Gasteiger partial charge in [-0.25, -0.2) is 14.0 Å². The molecule has 4 aliphatic rings. The van der Waals surface area contributed by atoms with Crippen LogP contribution in [0.2, 0.25) is 0 Å². The van der Waals surface area contributed by atoms with Crippen molar-refractivity contribution in [2.75, 3.05) is 34.0 Å². The van der Waals surface area contributed by atoms with Gasteiger partial charge in [-0.3, -0.25) is 0 Å². The first-order valence-electron chi connectivity index (χ1n) is 27.5. The maximum atomic E-state index is 13.1. The molecule has 30 heteroatoms. The Morgan fingerprint density at radius 3 is 1.60 bits per heavy atom. The molecule has 0 radical (unpaired) electrons. The third-order valence-electron chi connectivity index (χ3n) is 14.9. The number of methoxy groups -OCH3 is 2. The number of aromatic hydroxyl groups is 3. The van der Waals surface area contributed by atoms with Crippen LogP contribution >= 0.6 is 0 Å². The molecule has 9 rings (SSSR count). The molecule has 0 amide bonds. The highest BCUT2D eigenvalue weighted by molar-refractivity contribution is 5.90. The molecule has 89 heavy (non-hydrogen) atoms. The van der Waals surface area contributed by atoms with Crippen molar-refractivity contribution in [1.82, 2.24) is 0 Å². The van der Waals surface area contributed by atoms with Gasteiger partial charge in [-0.05, 0) is 54.5 Å². The quantitative estimate of drug-likeness (QED) is 0.0238. The molecular formula is C59H67O30+. The fraction of sp³-hybridized carbons (Fsp3) is 0.441. The number of esters is 2. The molecule has 0 spiro atoms. The number of phenolic OH excluding ortho intramolecular Hbond substituents is 3. The van der Waals surface area contributed by atoms with Crippen molar-refractivity contribution in [3.63, 3.8) is 0 Å². The fourth-order valence-electron chi connectivity index (χ4n) is 9.89. The van der Waals surface area contributed by atoms with Gasteiger partial charge >= 0.3 is 23.3 Å². The lowest BCUT2D eigenvalue weighted by Gasteiger charge is -2.42. The summed E-state index contributed by atoms with van der Waals surface area (Å²) in [6, 6.07) is 17.9. The smallest absolute Gasteiger partial charge is 0.402 e. The summed E-state index contributed by atoms with van der Waals surface area (Å²) in [5.41, 5.74) is 0.931. The lowest BCUT2D eigenvalue weighted by Crippen LogP contribution is -2.62. The van der Waals surface area contributed by atoms with Crippen LogP contribution in [0.15, 0.2) is 95.4 Å². The number of aliphatic hydroxyl groups excluding tert-OH is 12. The van der Waals surface area contributed by atoms with Gasteiger partial charge in [-0.1, -0.05) is 24.3 Å². The van der Waals surface area contributed by atoms with E-state index in [1.165, 1.54) is 87.9 Å². The average molecular weight is 1260 g/mol. The molecule has 5 aromatic rings. The zero-order valence-corrected chi connectivity index (χ0v) is 47.3. The van der Waals surface area contributed by atoms with Crippen LogP contribution in [0.4, 0.5) is 0 Å². The molecule has 4 aromatic carbocycles. The van der Waals surface area contributed by atoms with Crippen LogP contribution in [0.5, 0.6) is 46.0 Å². The number of aliphatic hydroxyl groups is 12. The summed E-state index contributed by atoms with van der Waals surface area (Å²) in [4.78, 5) is 25.4. The largest absolute Gasteiger partial charge is 0.508 e. The summed E-state index contributed by atoms with van der Waals surface area (Å²) in [5, 5.41) is 160. The van der Waals surface area contributed by atoms with Crippen LogP contribution in [-0.2, 0) is 42.7 Å². The molecule has 4 saturated heterocycles. The van der Waals surface area contributed by atoms with E-state index in [4.69, 9.17) is 61.3 Å². The second kappa shape index (κ2) is 28.5. The van der Waals surface area contributed by atoms with Crippen LogP contribution in [-0.4, -0.2) is 245 Å². The Morgan fingerprint density at radius 2 is 1.02 bits per heavy atom. The standard InChI is InChI=1S/C59H66O30/c1-24-54(89-41(64)15-9-26-6-12-30(13-7-26)82-57-50(73)47(70)44(67)38(87-57)22-79-40(63)14-8-25-4-10-28(61)11-5-25)49(72)53(76)56(81-24)80-23-39-45(68)48(71)52(75)59(88-39)85-36-20-31-32(83-55(36)27-16-34(77-2)42(65)35(17-27)78-3)18-29(62)19-33(31)84-58-51(74)46(69)43(66)37(21-60)86-58/h4-20,24,37-39,43-54,56-60,66-76H,21-23H2,1-3H3,(H2-,61,62,63,65)/p+1/b15-9+/t24?,37?,38?,39-,43?,44-,45-,46+,47+,48?,49?,50?,51?,52?,53+,54+,56-,57-,58-,59-/m1/s1. The van der Waals surface area contributed by atoms with E-state index in [9.17, 15) is 86.2 Å². The van der Waals surface area contributed by atoms with E-state index in [-0.39, 0.29) is 56.8 Å². The maximum absolute atomic E-state index is 13.1. The summed E-state index contributed by atoms with van der Waals surface area (Å²) >= 11 is 0. The number of carbonyl (C=O) groups is 2. The van der Waals surface area contributed by atoms with Crippen LogP contribution < -0.4 is 23.7 Å². The minimum Gasteiger partial charge on any atom is -0.508 e. The molecule has 1 aromatic heterocycles. The van der Waals surface area contributed by atoms with Crippen molar-refractivity contribution < 1.29 is 147 Å². The SMILES string of the molecule is COc1cc(-c2[o+]c3cc(O)cc(O[C@@H]4OC(CO)C(O)[C@H](O)C4O)c3cc2O[C@@H]2O[C@H](CO[C@@H]3OC(C)[C@H](OC(=O)/C=C/c4ccc(O[C@@H]5OC(COC(=O)/C=C/c6ccc(O)cc6)[C@@H](O)[C@H](O)C5O)cc4)C(O)[C@@H]3O)[C@@H](O)C(O)C2O)cc(OC)c1O. The number of carbonyl (C=O) groups excluding carboxylic acids is 2. The topological polar surface area (TPSA) is 460 Å². The lowest BCUT2D eigenvalue weighted by atomic mass is 9.98. The summed E-state index contributed by atoms with van der Waals surface area (Å²) in [7, 11) is 2.50. The normalized spacial score (nSPS) is 32.3. The molecule has 4 aliphatic heterocycles.